The maximum Gasteiger partial charge on any atom is 0.295 e. The maximum atomic E-state index is 13.9. The minimum Gasteiger partial charge on any atom is -0.507 e. The zero-order valence-corrected chi connectivity index (χ0v) is 17.1. The Labute approximate surface area is 174 Å². The van der Waals surface area contributed by atoms with Gasteiger partial charge in [0.15, 0.2) is 0 Å². The molecule has 158 valence electrons. The van der Waals surface area contributed by atoms with Gasteiger partial charge in [0.25, 0.3) is 11.7 Å². The number of likely N-dealkylation sites (tertiary alicyclic amines) is 1. The van der Waals surface area contributed by atoms with Crippen molar-refractivity contribution >= 4 is 17.4 Å². The number of pyridine rings is 1. The molecule has 0 radical (unpaired) electrons. The van der Waals surface area contributed by atoms with Crippen LogP contribution < -0.4 is 4.74 Å². The van der Waals surface area contributed by atoms with Gasteiger partial charge < -0.3 is 19.6 Å². The van der Waals surface area contributed by atoms with Crippen molar-refractivity contribution in [3.8, 4) is 5.75 Å². The van der Waals surface area contributed by atoms with E-state index in [1.807, 2.05) is 19.0 Å². The molecule has 0 unspecified atom stereocenters. The molecule has 0 spiro atoms. The zero-order chi connectivity index (χ0) is 21.8. The zero-order valence-electron chi connectivity index (χ0n) is 17.1. The summed E-state index contributed by atoms with van der Waals surface area (Å²) in [6.07, 6.45) is 3.77. The van der Waals surface area contributed by atoms with Gasteiger partial charge in [-0.05, 0) is 56.9 Å². The predicted molar refractivity (Wildman–Crippen MR) is 109 cm³/mol. The number of halogens is 1. The van der Waals surface area contributed by atoms with Crippen molar-refractivity contribution in [2.24, 2.45) is 0 Å². The van der Waals surface area contributed by atoms with Gasteiger partial charge in [0.1, 0.15) is 17.3 Å². The lowest BCUT2D eigenvalue weighted by atomic mass is 9.96. The lowest BCUT2D eigenvalue weighted by Crippen LogP contribution is -2.32. The number of hydrogen-bond acceptors (Lipinski definition) is 6. The number of aromatic nitrogens is 1. The topological polar surface area (TPSA) is 83.0 Å². The van der Waals surface area contributed by atoms with Crippen molar-refractivity contribution in [3.63, 3.8) is 0 Å². The molecule has 1 fully saturated rings. The van der Waals surface area contributed by atoms with E-state index in [1.54, 1.807) is 24.5 Å². The molecule has 8 heteroatoms. The number of ketones is 1. The predicted octanol–water partition coefficient (Wildman–Crippen LogP) is 2.60. The van der Waals surface area contributed by atoms with Crippen LogP contribution in [0.2, 0.25) is 0 Å². The fourth-order valence-corrected chi connectivity index (χ4v) is 3.56. The maximum absolute atomic E-state index is 13.9. The van der Waals surface area contributed by atoms with Gasteiger partial charge in [-0.2, -0.15) is 0 Å². The summed E-state index contributed by atoms with van der Waals surface area (Å²) in [6, 6.07) is 6.23. The molecule has 30 heavy (non-hydrogen) atoms. The van der Waals surface area contributed by atoms with Crippen LogP contribution in [-0.4, -0.2) is 65.9 Å². The van der Waals surface area contributed by atoms with Crippen LogP contribution in [0, 0.1) is 5.82 Å². The lowest BCUT2D eigenvalue weighted by Gasteiger charge is -2.25. The van der Waals surface area contributed by atoms with Crippen LogP contribution in [0.5, 0.6) is 5.75 Å². The highest BCUT2D eigenvalue weighted by atomic mass is 19.1. The van der Waals surface area contributed by atoms with Crippen LogP contribution in [-0.2, 0) is 9.59 Å². The minimum atomic E-state index is -0.825. The SMILES string of the molecule is COc1ccc(F)cc1C(O)=C1C(=O)C(=O)N(CCCN(C)C)[C@@H]1c1cccnc1. The number of aliphatic hydroxyl groups excluding tert-OH is 1. The van der Waals surface area contributed by atoms with E-state index in [1.165, 1.54) is 24.1 Å². The quantitative estimate of drug-likeness (QED) is 0.427. The monoisotopic (exact) mass is 413 g/mol. The molecule has 1 aliphatic rings. The lowest BCUT2D eigenvalue weighted by molar-refractivity contribution is -0.139. The fourth-order valence-electron chi connectivity index (χ4n) is 3.56. The van der Waals surface area contributed by atoms with E-state index in [2.05, 4.69) is 4.98 Å². The molecule has 2 aromatic rings. The van der Waals surface area contributed by atoms with Crippen molar-refractivity contribution in [1.82, 2.24) is 14.8 Å². The van der Waals surface area contributed by atoms with Crippen LogP contribution in [0.4, 0.5) is 4.39 Å². The van der Waals surface area contributed by atoms with Gasteiger partial charge in [-0.3, -0.25) is 14.6 Å². The van der Waals surface area contributed by atoms with Gasteiger partial charge in [-0.15, -0.1) is 0 Å². The standard InChI is InChI=1S/C22H24FN3O4/c1-25(2)10-5-11-26-19(14-6-4-9-24-13-14)18(21(28)22(26)29)20(27)16-12-15(23)7-8-17(16)30-3/h4,6-9,12-13,19,27H,5,10-11H2,1-3H3/t19-/m1/s1. The molecule has 1 aliphatic heterocycles. The first-order chi connectivity index (χ1) is 14.3. The summed E-state index contributed by atoms with van der Waals surface area (Å²) in [6.45, 7) is 1.04. The van der Waals surface area contributed by atoms with E-state index in [0.717, 1.165) is 12.6 Å². The Morgan fingerprint density at radius 3 is 2.70 bits per heavy atom. The number of benzene rings is 1. The Kier molecular flexibility index (Phi) is 6.47. The van der Waals surface area contributed by atoms with Crippen LogP contribution in [0.1, 0.15) is 23.6 Å². The molecule has 3 rings (SSSR count). The molecule has 1 atom stereocenters. The number of carbonyl (C=O) groups excluding carboxylic acids is 2. The summed E-state index contributed by atoms with van der Waals surface area (Å²) >= 11 is 0. The summed E-state index contributed by atoms with van der Waals surface area (Å²) in [5.41, 5.74) is 0.484. The minimum absolute atomic E-state index is 0.0117. The third kappa shape index (κ3) is 4.18. The number of nitrogens with zero attached hydrogens (tertiary/aromatic N) is 3. The largest absolute Gasteiger partial charge is 0.507 e. The number of carbonyl (C=O) groups is 2. The van der Waals surface area contributed by atoms with E-state index in [0.29, 0.717) is 18.5 Å². The summed E-state index contributed by atoms with van der Waals surface area (Å²) in [7, 11) is 5.22. The highest BCUT2D eigenvalue weighted by molar-refractivity contribution is 6.46. The highest BCUT2D eigenvalue weighted by Crippen LogP contribution is 2.40. The number of rotatable bonds is 7. The normalized spacial score (nSPS) is 18.3. The number of hydrogen-bond donors (Lipinski definition) is 1. The average molecular weight is 413 g/mol. The van der Waals surface area contributed by atoms with Crippen LogP contribution in [0.15, 0.2) is 48.3 Å². The molecule has 1 aromatic heterocycles. The molecule has 1 amide bonds. The van der Waals surface area contributed by atoms with Crippen molar-refractivity contribution in [2.75, 3.05) is 34.3 Å². The number of ether oxygens (including phenoxy) is 1. The molecule has 2 heterocycles. The van der Waals surface area contributed by atoms with E-state index >= 15 is 0 Å². The third-order valence-electron chi connectivity index (χ3n) is 4.96. The summed E-state index contributed by atoms with van der Waals surface area (Å²) in [5.74, 6) is -2.42. The Balaban J connectivity index is 2.13. The van der Waals surface area contributed by atoms with Gasteiger partial charge in [0.2, 0.25) is 0 Å². The first-order valence-corrected chi connectivity index (χ1v) is 9.52. The summed E-state index contributed by atoms with van der Waals surface area (Å²) in [5, 5.41) is 11.0. The second-order valence-corrected chi connectivity index (χ2v) is 7.28. The van der Waals surface area contributed by atoms with Gasteiger partial charge in [0, 0.05) is 18.9 Å². The highest BCUT2D eigenvalue weighted by Gasteiger charge is 2.46. The Morgan fingerprint density at radius 1 is 1.30 bits per heavy atom. The molecule has 0 saturated carbocycles. The van der Waals surface area contributed by atoms with Crippen molar-refractivity contribution in [2.45, 2.75) is 12.5 Å². The average Bonchev–Trinajstić information content (AvgIpc) is 2.98. The summed E-state index contributed by atoms with van der Waals surface area (Å²) < 4.78 is 19.1. The molecular weight excluding hydrogens is 389 g/mol. The van der Waals surface area contributed by atoms with Crippen molar-refractivity contribution in [3.05, 3.63) is 65.2 Å². The van der Waals surface area contributed by atoms with E-state index in [9.17, 15) is 19.1 Å². The Hall–Kier alpha value is -3.26. The van der Waals surface area contributed by atoms with E-state index in [4.69, 9.17) is 4.74 Å². The second kappa shape index (κ2) is 9.04. The van der Waals surface area contributed by atoms with Crippen LogP contribution in [0.3, 0.4) is 0 Å². The molecule has 1 aromatic carbocycles. The molecule has 1 saturated heterocycles. The third-order valence-corrected chi connectivity index (χ3v) is 4.96. The molecule has 7 nitrogen and oxygen atoms in total. The van der Waals surface area contributed by atoms with Crippen LogP contribution >= 0.6 is 0 Å². The fraction of sp³-hybridized carbons (Fsp3) is 0.318. The van der Waals surface area contributed by atoms with Gasteiger partial charge in [-0.25, -0.2) is 4.39 Å². The second-order valence-electron chi connectivity index (χ2n) is 7.28. The molecular formula is C22H24FN3O4. The van der Waals surface area contributed by atoms with E-state index in [-0.39, 0.29) is 16.9 Å². The molecule has 0 bridgehead atoms. The van der Waals surface area contributed by atoms with Crippen molar-refractivity contribution in [1.29, 1.82) is 0 Å². The van der Waals surface area contributed by atoms with Crippen LogP contribution in [0.25, 0.3) is 5.76 Å². The first kappa shape index (κ1) is 21.4. The number of Topliss-reactive ketones (excluding diaryl/α,β-unsaturated/α-hetero) is 1. The molecule has 0 aliphatic carbocycles. The van der Waals surface area contributed by atoms with Crippen molar-refractivity contribution < 1.29 is 23.8 Å². The Morgan fingerprint density at radius 2 is 2.07 bits per heavy atom. The summed E-state index contributed by atoms with van der Waals surface area (Å²) in [4.78, 5) is 33.2. The number of aliphatic hydroxyl groups is 1. The smallest absolute Gasteiger partial charge is 0.295 e. The van der Waals surface area contributed by atoms with Gasteiger partial charge in [0.05, 0.1) is 24.3 Å². The van der Waals surface area contributed by atoms with E-state index < -0.39 is 29.3 Å². The Bertz CT molecular complexity index is 976. The van der Waals surface area contributed by atoms with Gasteiger partial charge >= 0.3 is 0 Å². The first-order valence-electron chi connectivity index (χ1n) is 9.52. The number of methoxy groups -OCH3 is 1. The number of amides is 1. The molecule has 1 N–H and O–H groups in total. The van der Waals surface area contributed by atoms with Gasteiger partial charge in [-0.1, -0.05) is 6.07 Å².